The normalized spacial score (nSPS) is 19.0. The number of morpholine rings is 1. The van der Waals surface area contributed by atoms with E-state index in [4.69, 9.17) is 4.74 Å². The Balaban J connectivity index is 1.69. The van der Waals surface area contributed by atoms with Crippen LogP contribution in [0.5, 0.6) is 0 Å². The Kier molecular flexibility index (Phi) is 7.54. The lowest BCUT2D eigenvalue weighted by Crippen LogP contribution is -2.44. The van der Waals surface area contributed by atoms with Crippen LogP contribution in [0.3, 0.4) is 0 Å². The fraction of sp³-hybridized carbons (Fsp3) is 0.467. The third-order valence-corrected chi connectivity index (χ3v) is 7.45. The maximum atomic E-state index is 13.5. The van der Waals surface area contributed by atoms with Crippen molar-refractivity contribution in [1.82, 2.24) is 15.2 Å². The van der Waals surface area contributed by atoms with E-state index in [1.54, 1.807) is 0 Å². The van der Waals surface area contributed by atoms with Gasteiger partial charge in [0.25, 0.3) is 5.91 Å². The van der Waals surface area contributed by atoms with Gasteiger partial charge in [0.2, 0.25) is 0 Å². The number of aromatic nitrogens is 1. The lowest BCUT2D eigenvalue weighted by atomic mass is 9.81. The second-order valence-electron chi connectivity index (χ2n) is 10.4. The van der Waals surface area contributed by atoms with Crippen molar-refractivity contribution < 1.29 is 14.3 Å². The van der Waals surface area contributed by atoms with Crippen LogP contribution in [0.2, 0.25) is 0 Å². The largest absolute Gasteiger partial charge is 0.368 e. The predicted molar refractivity (Wildman–Crippen MR) is 143 cm³/mol. The molecule has 6 heteroatoms. The van der Waals surface area contributed by atoms with Crippen molar-refractivity contribution >= 4 is 22.6 Å². The van der Waals surface area contributed by atoms with Gasteiger partial charge in [-0.3, -0.25) is 9.59 Å². The molecule has 1 amide bonds. The summed E-state index contributed by atoms with van der Waals surface area (Å²) in [4.78, 5) is 26.4. The molecule has 36 heavy (non-hydrogen) atoms. The standard InChI is InChI=1S/C30H37N3O3/c1-20(2)32-30(35)23-13-14-24-25(17-23)33(19-26(34)27-18-31-15-16-36-27)29(22-11-7-4-8-12-22)28(24)21-9-5-3-6-10-21/h4,7-8,11-14,17,20-21,27,31H,3,5-6,9-10,15-16,18-19H2,1-2H3,(H,32,35). The Hall–Kier alpha value is -2.96. The molecule has 0 spiro atoms. The van der Waals surface area contributed by atoms with Gasteiger partial charge in [-0.05, 0) is 55.9 Å². The molecule has 2 aromatic carbocycles. The maximum Gasteiger partial charge on any atom is 0.251 e. The number of Topliss-reactive ketones (excluding diaryl/α,β-unsaturated/α-hetero) is 1. The van der Waals surface area contributed by atoms with Crippen molar-refractivity contribution in [3.63, 3.8) is 0 Å². The van der Waals surface area contributed by atoms with E-state index in [0.717, 1.165) is 41.5 Å². The lowest BCUT2D eigenvalue weighted by molar-refractivity contribution is -0.132. The van der Waals surface area contributed by atoms with Crippen LogP contribution in [-0.2, 0) is 16.1 Å². The minimum Gasteiger partial charge on any atom is -0.368 e. The molecule has 2 aliphatic rings. The third kappa shape index (κ3) is 5.11. The Labute approximate surface area is 213 Å². The molecule has 1 atom stereocenters. The second-order valence-corrected chi connectivity index (χ2v) is 10.4. The number of fused-ring (bicyclic) bond motifs is 1. The molecule has 1 aliphatic heterocycles. The molecular weight excluding hydrogens is 450 g/mol. The number of nitrogens with one attached hydrogen (secondary N) is 2. The van der Waals surface area contributed by atoms with Crippen LogP contribution in [0.15, 0.2) is 48.5 Å². The summed E-state index contributed by atoms with van der Waals surface area (Å²) in [6.45, 7) is 5.99. The van der Waals surface area contributed by atoms with E-state index in [0.29, 0.717) is 24.6 Å². The molecule has 1 unspecified atom stereocenters. The first-order valence-electron chi connectivity index (χ1n) is 13.4. The fourth-order valence-electron chi connectivity index (χ4n) is 5.77. The molecule has 2 fully saturated rings. The van der Waals surface area contributed by atoms with Gasteiger partial charge in [0.05, 0.1) is 18.8 Å². The van der Waals surface area contributed by atoms with Crippen molar-refractivity contribution in [3.05, 3.63) is 59.7 Å². The Morgan fingerprint density at radius 3 is 2.56 bits per heavy atom. The maximum absolute atomic E-state index is 13.5. The Morgan fingerprint density at radius 1 is 1.08 bits per heavy atom. The minimum atomic E-state index is -0.453. The number of ether oxygens (including phenoxy) is 1. The molecule has 0 radical (unpaired) electrons. The molecule has 2 heterocycles. The zero-order valence-corrected chi connectivity index (χ0v) is 21.4. The summed E-state index contributed by atoms with van der Waals surface area (Å²) < 4.78 is 7.96. The lowest BCUT2D eigenvalue weighted by Gasteiger charge is -2.25. The van der Waals surface area contributed by atoms with Crippen LogP contribution in [0.1, 0.15) is 67.8 Å². The number of carbonyl (C=O) groups excluding carboxylic acids is 2. The molecular formula is C30H37N3O3. The van der Waals surface area contributed by atoms with Gasteiger partial charge in [-0.2, -0.15) is 0 Å². The van der Waals surface area contributed by atoms with Gasteiger partial charge in [0.1, 0.15) is 6.10 Å². The molecule has 1 saturated carbocycles. The summed E-state index contributed by atoms with van der Waals surface area (Å²) in [6.07, 6.45) is 5.57. The number of benzene rings is 2. The molecule has 0 bridgehead atoms. The summed E-state index contributed by atoms with van der Waals surface area (Å²) >= 11 is 0. The highest BCUT2D eigenvalue weighted by Crippen LogP contribution is 2.44. The first-order chi connectivity index (χ1) is 17.5. The van der Waals surface area contributed by atoms with Gasteiger partial charge in [-0.1, -0.05) is 55.7 Å². The van der Waals surface area contributed by atoms with Crippen LogP contribution < -0.4 is 10.6 Å². The Bertz CT molecular complexity index is 1220. The molecule has 190 valence electrons. The fourth-order valence-corrected chi connectivity index (χ4v) is 5.77. The van der Waals surface area contributed by atoms with Gasteiger partial charge in [0.15, 0.2) is 5.78 Å². The average Bonchev–Trinajstić information content (AvgIpc) is 3.23. The zero-order valence-electron chi connectivity index (χ0n) is 21.4. The number of ketones is 1. The van der Waals surface area contributed by atoms with E-state index in [2.05, 4.69) is 45.5 Å². The van der Waals surface area contributed by atoms with Crippen LogP contribution >= 0.6 is 0 Å². The molecule has 1 saturated heterocycles. The first kappa shape index (κ1) is 24.7. The average molecular weight is 488 g/mol. The van der Waals surface area contributed by atoms with Gasteiger partial charge in [-0.25, -0.2) is 0 Å². The van der Waals surface area contributed by atoms with E-state index >= 15 is 0 Å². The Morgan fingerprint density at radius 2 is 1.86 bits per heavy atom. The van der Waals surface area contributed by atoms with Crippen molar-refractivity contribution in [2.45, 2.75) is 70.6 Å². The highest BCUT2D eigenvalue weighted by atomic mass is 16.5. The van der Waals surface area contributed by atoms with Gasteiger partial charge in [0, 0.05) is 35.6 Å². The minimum absolute atomic E-state index is 0.0511. The van der Waals surface area contributed by atoms with Gasteiger partial charge >= 0.3 is 0 Å². The summed E-state index contributed by atoms with van der Waals surface area (Å²) in [7, 11) is 0. The highest BCUT2D eigenvalue weighted by molar-refractivity contribution is 6.01. The molecule has 1 aromatic heterocycles. The first-order valence-corrected chi connectivity index (χ1v) is 13.4. The van der Waals surface area contributed by atoms with Crippen LogP contribution in [0.4, 0.5) is 0 Å². The number of amides is 1. The van der Waals surface area contributed by atoms with E-state index < -0.39 is 6.10 Å². The van der Waals surface area contributed by atoms with E-state index in [9.17, 15) is 9.59 Å². The quantitative estimate of drug-likeness (QED) is 0.489. The van der Waals surface area contributed by atoms with E-state index in [1.165, 1.54) is 24.8 Å². The molecule has 5 rings (SSSR count). The van der Waals surface area contributed by atoms with Crippen LogP contribution in [0.25, 0.3) is 22.2 Å². The molecule has 6 nitrogen and oxygen atoms in total. The molecule has 3 aromatic rings. The monoisotopic (exact) mass is 487 g/mol. The highest BCUT2D eigenvalue weighted by Gasteiger charge is 2.29. The van der Waals surface area contributed by atoms with Gasteiger partial charge in [-0.15, -0.1) is 0 Å². The van der Waals surface area contributed by atoms with Crippen molar-refractivity contribution in [3.8, 4) is 11.3 Å². The number of carbonyl (C=O) groups is 2. The summed E-state index contributed by atoms with van der Waals surface area (Å²) in [5.41, 5.74) is 5.10. The summed E-state index contributed by atoms with van der Waals surface area (Å²) in [6, 6.07) is 16.5. The molecule has 2 N–H and O–H groups in total. The van der Waals surface area contributed by atoms with Crippen LogP contribution in [-0.4, -0.2) is 48.1 Å². The van der Waals surface area contributed by atoms with E-state index in [-0.39, 0.29) is 24.3 Å². The van der Waals surface area contributed by atoms with Crippen molar-refractivity contribution in [1.29, 1.82) is 0 Å². The van der Waals surface area contributed by atoms with Crippen molar-refractivity contribution in [2.75, 3.05) is 19.7 Å². The topological polar surface area (TPSA) is 72.4 Å². The number of hydrogen-bond acceptors (Lipinski definition) is 4. The number of hydrogen-bond donors (Lipinski definition) is 2. The van der Waals surface area contributed by atoms with E-state index in [1.807, 2.05) is 32.0 Å². The number of rotatable bonds is 7. The zero-order chi connectivity index (χ0) is 25.1. The van der Waals surface area contributed by atoms with Crippen LogP contribution in [0, 0.1) is 0 Å². The predicted octanol–water partition coefficient (Wildman–Crippen LogP) is 5.05. The van der Waals surface area contributed by atoms with Crippen molar-refractivity contribution in [2.24, 2.45) is 0 Å². The molecule has 1 aliphatic carbocycles. The third-order valence-electron chi connectivity index (χ3n) is 7.45. The summed E-state index contributed by atoms with van der Waals surface area (Å²) in [5, 5.41) is 7.44. The smallest absolute Gasteiger partial charge is 0.251 e. The SMILES string of the molecule is CC(C)NC(=O)c1ccc2c(C3CCCCC3)c(-c3ccccc3)n(CC(=O)C3CNCCO3)c2c1. The second kappa shape index (κ2) is 11.0. The summed E-state index contributed by atoms with van der Waals surface area (Å²) in [5.74, 6) is 0.408. The van der Waals surface area contributed by atoms with Gasteiger partial charge < -0.3 is 19.9 Å². The number of nitrogens with zero attached hydrogens (tertiary/aromatic N) is 1.